The van der Waals surface area contributed by atoms with Crippen LogP contribution < -0.4 is 5.32 Å². The van der Waals surface area contributed by atoms with Crippen LogP contribution in [0.3, 0.4) is 0 Å². The van der Waals surface area contributed by atoms with Crippen LogP contribution in [0.5, 0.6) is 0 Å². The van der Waals surface area contributed by atoms with Gasteiger partial charge in [0.1, 0.15) is 18.3 Å². The zero-order valence-electron chi connectivity index (χ0n) is 13.4. The first-order chi connectivity index (χ1) is 10.5. The van der Waals surface area contributed by atoms with Gasteiger partial charge in [-0.1, -0.05) is 45.2 Å². The molecule has 1 saturated heterocycles. The van der Waals surface area contributed by atoms with Crippen molar-refractivity contribution >= 4 is 5.91 Å². The molecule has 1 fully saturated rings. The van der Waals surface area contributed by atoms with Gasteiger partial charge in [0.25, 0.3) is 5.91 Å². The van der Waals surface area contributed by atoms with Gasteiger partial charge in [0.15, 0.2) is 0 Å². The van der Waals surface area contributed by atoms with Gasteiger partial charge in [-0.3, -0.25) is 4.79 Å². The number of aliphatic hydroxyl groups excluding tert-OH is 3. The molecule has 22 heavy (non-hydrogen) atoms. The molecule has 0 aromatic rings. The molecule has 1 aliphatic rings. The Morgan fingerprint density at radius 3 is 2.32 bits per heavy atom. The lowest BCUT2D eigenvalue weighted by atomic mass is 9.93. The molecule has 4 N–H and O–H groups in total. The van der Waals surface area contributed by atoms with Gasteiger partial charge in [-0.15, -0.1) is 0 Å². The summed E-state index contributed by atoms with van der Waals surface area (Å²) in [6.07, 6.45) is 0.386. The van der Waals surface area contributed by atoms with Gasteiger partial charge < -0.3 is 25.4 Å². The van der Waals surface area contributed by atoms with Crippen LogP contribution in [0.1, 0.15) is 20.8 Å². The van der Waals surface area contributed by atoms with Crippen LogP contribution in [-0.2, 0) is 9.53 Å². The topological polar surface area (TPSA) is 99.0 Å². The first-order valence-electron chi connectivity index (χ1n) is 7.34. The standard InChI is InChI=1S/C14H21NO5.C2H6/c1-4-6-9(5-2)14(19)15-11-8(3)20-10(7-16)12(17)13(11)18;1-2/h4-6,8,10-13,16-18H,1-2,7H2,3H3,(H,15,19);1-2H3/b9-6+;. The Bertz CT molecular complexity index is 407. The van der Waals surface area contributed by atoms with E-state index in [1.165, 1.54) is 18.2 Å². The molecule has 0 saturated carbocycles. The van der Waals surface area contributed by atoms with Crippen molar-refractivity contribution in [2.45, 2.75) is 51.2 Å². The number of amides is 1. The fraction of sp³-hybridized carbons (Fsp3) is 0.562. The Hall–Kier alpha value is -1.47. The Kier molecular flexibility index (Phi) is 9.60. The Morgan fingerprint density at radius 1 is 1.27 bits per heavy atom. The van der Waals surface area contributed by atoms with Gasteiger partial charge in [-0.25, -0.2) is 0 Å². The fourth-order valence-electron chi connectivity index (χ4n) is 2.10. The van der Waals surface area contributed by atoms with Crippen molar-refractivity contribution in [1.82, 2.24) is 5.32 Å². The average Bonchev–Trinajstić information content (AvgIpc) is 2.54. The molecule has 0 radical (unpaired) electrons. The highest BCUT2D eigenvalue weighted by Crippen LogP contribution is 2.21. The van der Waals surface area contributed by atoms with E-state index in [-0.39, 0.29) is 5.57 Å². The molecule has 1 heterocycles. The van der Waals surface area contributed by atoms with Crippen LogP contribution in [0.15, 0.2) is 37.0 Å². The largest absolute Gasteiger partial charge is 0.394 e. The SMILES string of the molecule is C=C/C=C(\C=C)C(=O)NC1C(C)OC(CO)C(O)C1O.CC. The molecule has 1 rings (SSSR count). The predicted octanol–water partition coefficient (Wildman–Crippen LogP) is 0.297. The van der Waals surface area contributed by atoms with Crippen molar-refractivity contribution in [1.29, 1.82) is 0 Å². The highest BCUT2D eigenvalue weighted by atomic mass is 16.5. The molecule has 6 heteroatoms. The third-order valence-corrected chi connectivity index (χ3v) is 3.25. The Labute approximate surface area is 131 Å². The molecule has 0 aromatic heterocycles. The maximum Gasteiger partial charge on any atom is 0.251 e. The van der Waals surface area contributed by atoms with Crippen LogP contribution >= 0.6 is 0 Å². The summed E-state index contributed by atoms with van der Waals surface area (Å²) in [7, 11) is 0. The van der Waals surface area contributed by atoms with E-state index in [0.29, 0.717) is 0 Å². The summed E-state index contributed by atoms with van der Waals surface area (Å²) >= 11 is 0. The number of hydrogen-bond donors (Lipinski definition) is 4. The smallest absolute Gasteiger partial charge is 0.251 e. The maximum absolute atomic E-state index is 12.0. The van der Waals surface area contributed by atoms with Gasteiger partial charge in [-0.2, -0.15) is 0 Å². The molecule has 5 atom stereocenters. The molecule has 126 valence electrons. The summed E-state index contributed by atoms with van der Waals surface area (Å²) in [5.74, 6) is -0.450. The van der Waals surface area contributed by atoms with Crippen LogP contribution in [0, 0.1) is 0 Å². The van der Waals surface area contributed by atoms with Crippen LogP contribution in [0.4, 0.5) is 0 Å². The van der Waals surface area contributed by atoms with Crippen molar-refractivity contribution in [2.24, 2.45) is 0 Å². The lowest BCUT2D eigenvalue weighted by Crippen LogP contribution is -2.63. The van der Waals surface area contributed by atoms with Gasteiger partial charge in [0, 0.05) is 5.57 Å². The molecule has 0 bridgehead atoms. The van der Waals surface area contributed by atoms with Crippen molar-refractivity contribution in [3.8, 4) is 0 Å². The molecule has 5 unspecified atom stereocenters. The van der Waals surface area contributed by atoms with Crippen molar-refractivity contribution < 1.29 is 24.9 Å². The van der Waals surface area contributed by atoms with E-state index in [2.05, 4.69) is 18.5 Å². The number of carbonyl (C=O) groups is 1. The van der Waals surface area contributed by atoms with Crippen LogP contribution in [0.25, 0.3) is 0 Å². The maximum atomic E-state index is 12.0. The molecular formula is C16H27NO5. The second-order valence-corrected chi connectivity index (χ2v) is 4.60. The van der Waals surface area contributed by atoms with Crippen LogP contribution in [0.2, 0.25) is 0 Å². The van der Waals surface area contributed by atoms with E-state index >= 15 is 0 Å². The first kappa shape index (κ1) is 20.5. The van der Waals surface area contributed by atoms with E-state index in [1.807, 2.05) is 13.8 Å². The number of aliphatic hydroxyl groups is 3. The Balaban J connectivity index is 0.00000211. The predicted molar refractivity (Wildman–Crippen MR) is 85.2 cm³/mol. The summed E-state index contributed by atoms with van der Waals surface area (Å²) < 4.78 is 5.36. The summed E-state index contributed by atoms with van der Waals surface area (Å²) in [4.78, 5) is 12.0. The lowest BCUT2D eigenvalue weighted by Gasteiger charge is -2.41. The molecule has 0 aliphatic carbocycles. The van der Waals surface area contributed by atoms with E-state index < -0.39 is 43.0 Å². The quantitative estimate of drug-likeness (QED) is 0.432. The third kappa shape index (κ3) is 5.06. The molecule has 0 aromatic carbocycles. The number of rotatable bonds is 5. The number of ether oxygens (including phenoxy) is 1. The van der Waals surface area contributed by atoms with Gasteiger partial charge in [0.05, 0.1) is 18.8 Å². The average molecular weight is 313 g/mol. The van der Waals surface area contributed by atoms with Gasteiger partial charge >= 0.3 is 0 Å². The highest BCUT2D eigenvalue weighted by Gasteiger charge is 2.42. The van der Waals surface area contributed by atoms with Crippen molar-refractivity contribution in [3.05, 3.63) is 37.0 Å². The van der Waals surface area contributed by atoms with E-state index in [9.17, 15) is 15.0 Å². The van der Waals surface area contributed by atoms with Gasteiger partial charge in [0.2, 0.25) is 0 Å². The fourth-order valence-corrected chi connectivity index (χ4v) is 2.10. The lowest BCUT2D eigenvalue weighted by molar-refractivity contribution is -0.190. The second kappa shape index (κ2) is 10.3. The molecule has 1 amide bonds. The number of carbonyl (C=O) groups excluding carboxylic acids is 1. The number of hydrogen-bond acceptors (Lipinski definition) is 5. The monoisotopic (exact) mass is 313 g/mol. The Morgan fingerprint density at radius 2 is 1.86 bits per heavy atom. The van der Waals surface area contributed by atoms with Crippen molar-refractivity contribution in [2.75, 3.05) is 6.61 Å². The molecule has 0 spiro atoms. The number of allylic oxidation sites excluding steroid dienone is 2. The minimum absolute atomic E-state index is 0.290. The normalized spacial score (nSPS) is 31.5. The van der Waals surface area contributed by atoms with Gasteiger partial charge in [-0.05, 0) is 6.92 Å². The van der Waals surface area contributed by atoms with E-state index in [0.717, 1.165) is 0 Å². The summed E-state index contributed by atoms with van der Waals surface area (Å²) in [6, 6.07) is -0.784. The summed E-state index contributed by atoms with van der Waals surface area (Å²) in [5, 5.41) is 31.5. The van der Waals surface area contributed by atoms with E-state index in [4.69, 9.17) is 9.84 Å². The van der Waals surface area contributed by atoms with Crippen molar-refractivity contribution in [3.63, 3.8) is 0 Å². The molecular weight excluding hydrogens is 286 g/mol. The van der Waals surface area contributed by atoms with E-state index in [1.54, 1.807) is 6.92 Å². The van der Waals surface area contributed by atoms with Crippen LogP contribution in [-0.4, -0.2) is 58.3 Å². The highest BCUT2D eigenvalue weighted by molar-refractivity contribution is 5.96. The minimum Gasteiger partial charge on any atom is -0.394 e. The zero-order chi connectivity index (χ0) is 17.3. The summed E-state index contributed by atoms with van der Waals surface area (Å²) in [5.41, 5.74) is 0.290. The number of nitrogens with one attached hydrogen (secondary N) is 1. The molecule has 1 aliphatic heterocycles. The summed E-state index contributed by atoms with van der Waals surface area (Å²) in [6.45, 7) is 12.3. The minimum atomic E-state index is -1.27. The first-order valence-corrected chi connectivity index (χ1v) is 7.34. The zero-order valence-corrected chi connectivity index (χ0v) is 13.4. The second-order valence-electron chi connectivity index (χ2n) is 4.60. The molecule has 6 nitrogen and oxygen atoms in total. The third-order valence-electron chi connectivity index (χ3n) is 3.25.